The fourth-order valence-corrected chi connectivity index (χ4v) is 2.72. The van der Waals surface area contributed by atoms with Gasteiger partial charge in [-0.1, -0.05) is 13.8 Å². The van der Waals surface area contributed by atoms with Gasteiger partial charge in [-0.25, -0.2) is 4.79 Å². The quantitative estimate of drug-likeness (QED) is 0.826. The lowest BCUT2D eigenvalue weighted by Crippen LogP contribution is -2.35. The smallest absolute Gasteiger partial charge is 0.331 e. The highest BCUT2D eigenvalue weighted by atomic mass is 32.2. The van der Waals surface area contributed by atoms with Crippen LogP contribution in [0.25, 0.3) is 0 Å². The third-order valence-electron chi connectivity index (χ3n) is 2.65. The van der Waals surface area contributed by atoms with Crippen LogP contribution in [0, 0.1) is 0 Å². The van der Waals surface area contributed by atoms with Crippen molar-refractivity contribution in [2.45, 2.75) is 32.7 Å². The van der Waals surface area contributed by atoms with Crippen molar-refractivity contribution in [3.63, 3.8) is 0 Å². The Morgan fingerprint density at radius 3 is 2.33 bits per heavy atom. The fourth-order valence-electron chi connectivity index (χ4n) is 1.90. The summed E-state index contributed by atoms with van der Waals surface area (Å²) in [6.07, 6.45) is 1.52. The van der Waals surface area contributed by atoms with Gasteiger partial charge < -0.3 is 5.11 Å². The molecular weight excluding hydrogens is 256 g/mol. The molecule has 102 valence electrons. The minimum absolute atomic E-state index is 0.170. The molecule has 0 radical (unpaired) electrons. The standard InChI is InChI=1S/C11H18N2O4S/c1-6(2)8-9(14)12-11(16)13(10(8)15)7(3)5-18(4)17/h6-7,15H,5H2,1-4H3,(H,12,14,16). The van der Waals surface area contributed by atoms with E-state index in [0.717, 1.165) is 4.57 Å². The van der Waals surface area contributed by atoms with Crippen LogP contribution >= 0.6 is 0 Å². The number of rotatable bonds is 4. The Morgan fingerprint density at radius 2 is 1.89 bits per heavy atom. The summed E-state index contributed by atoms with van der Waals surface area (Å²) in [6.45, 7) is 5.18. The second-order valence-electron chi connectivity index (χ2n) is 4.61. The van der Waals surface area contributed by atoms with E-state index >= 15 is 0 Å². The van der Waals surface area contributed by atoms with Crippen LogP contribution in [0.4, 0.5) is 0 Å². The van der Waals surface area contributed by atoms with Gasteiger partial charge in [0, 0.05) is 22.8 Å². The molecule has 18 heavy (non-hydrogen) atoms. The third kappa shape index (κ3) is 2.90. The van der Waals surface area contributed by atoms with E-state index in [0.29, 0.717) is 0 Å². The van der Waals surface area contributed by atoms with Gasteiger partial charge in [0.1, 0.15) is 0 Å². The van der Waals surface area contributed by atoms with E-state index in [9.17, 15) is 18.9 Å². The lowest BCUT2D eigenvalue weighted by molar-refractivity contribution is 0.373. The van der Waals surface area contributed by atoms with E-state index in [4.69, 9.17) is 0 Å². The monoisotopic (exact) mass is 274 g/mol. The van der Waals surface area contributed by atoms with Crippen LogP contribution in [0.5, 0.6) is 5.88 Å². The molecule has 0 saturated carbocycles. The molecule has 0 aliphatic heterocycles. The highest BCUT2D eigenvalue weighted by Gasteiger charge is 2.20. The summed E-state index contributed by atoms with van der Waals surface area (Å²) in [4.78, 5) is 25.5. The summed E-state index contributed by atoms with van der Waals surface area (Å²) in [5.41, 5.74) is -1.09. The zero-order chi connectivity index (χ0) is 14.0. The van der Waals surface area contributed by atoms with E-state index in [1.54, 1.807) is 20.8 Å². The fraction of sp³-hybridized carbons (Fsp3) is 0.636. The number of aromatic hydroxyl groups is 1. The number of H-pyrrole nitrogens is 1. The zero-order valence-corrected chi connectivity index (χ0v) is 11.7. The molecule has 0 fully saturated rings. The summed E-state index contributed by atoms with van der Waals surface area (Å²) in [5.74, 6) is -0.312. The van der Waals surface area contributed by atoms with Gasteiger partial charge >= 0.3 is 5.69 Å². The first-order valence-electron chi connectivity index (χ1n) is 5.63. The average Bonchev–Trinajstić information content (AvgIpc) is 2.13. The van der Waals surface area contributed by atoms with Crippen molar-refractivity contribution in [1.29, 1.82) is 0 Å². The largest absolute Gasteiger partial charge is 0.494 e. The molecule has 0 spiro atoms. The topological polar surface area (TPSA) is 92.2 Å². The molecule has 1 heterocycles. The highest BCUT2D eigenvalue weighted by Crippen LogP contribution is 2.22. The predicted molar refractivity (Wildman–Crippen MR) is 70.7 cm³/mol. The van der Waals surface area contributed by atoms with E-state index < -0.39 is 28.1 Å². The molecule has 0 aliphatic rings. The molecule has 2 atom stereocenters. The van der Waals surface area contributed by atoms with Gasteiger partial charge in [-0.3, -0.25) is 18.6 Å². The van der Waals surface area contributed by atoms with Crippen molar-refractivity contribution in [3.05, 3.63) is 26.4 Å². The van der Waals surface area contributed by atoms with Crippen molar-refractivity contribution < 1.29 is 9.32 Å². The molecule has 0 aromatic carbocycles. The number of hydrogen-bond acceptors (Lipinski definition) is 4. The van der Waals surface area contributed by atoms with Gasteiger partial charge in [-0.05, 0) is 12.8 Å². The Morgan fingerprint density at radius 1 is 1.33 bits per heavy atom. The molecular formula is C11H18N2O4S. The summed E-state index contributed by atoms with van der Waals surface area (Å²) < 4.78 is 12.3. The Kier molecular flexibility index (Phi) is 4.50. The van der Waals surface area contributed by atoms with Crippen molar-refractivity contribution in [2.24, 2.45) is 0 Å². The summed E-state index contributed by atoms with van der Waals surface area (Å²) in [7, 11) is -1.10. The summed E-state index contributed by atoms with van der Waals surface area (Å²) >= 11 is 0. The van der Waals surface area contributed by atoms with Crippen LogP contribution in [-0.2, 0) is 10.8 Å². The van der Waals surface area contributed by atoms with E-state index in [1.807, 2.05) is 0 Å². The molecule has 0 aliphatic carbocycles. The maximum Gasteiger partial charge on any atom is 0.331 e. The van der Waals surface area contributed by atoms with Crippen LogP contribution in [0.3, 0.4) is 0 Å². The second-order valence-corrected chi connectivity index (χ2v) is 6.09. The summed E-state index contributed by atoms with van der Waals surface area (Å²) in [6, 6.07) is -0.447. The van der Waals surface area contributed by atoms with Crippen LogP contribution in [0.1, 0.15) is 38.3 Å². The normalized spacial score (nSPS) is 14.7. The molecule has 0 amide bonds. The Balaban J connectivity index is 3.45. The third-order valence-corrected chi connectivity index (χ3v) is 3.60. The minimum atomic E-state index is -1.10. The van der Waals surface area contributed by atoms with E-state index in [2.05, 4.69) is 4.98 Å². The van der Waals surface area contributed by atoms with Gasteiger partial charge in [-0.15, -0.1) is 0 Å². The first-order chi connectivity index (χ1) is 8.25. The van der Waals surface area contributed by atoms with Gasteiger partial charge in [-0.2, -0.15) is 0 Å². The van der Waals surface area contributed by atoms with Crippen LogP contribution in [-0.4, -0.2) is 30.9 Å². The molecule has 0 saturated heterocycles. The number of aromatic nitrogens is 2. The Labute approximate surface area is 107 Å². The van der Waals surface area contributed by atoms with Gasteiger partial charge in [0.25, 0.3) is 5.56 Å². The number of nitrogens with zero attached hydrogens (tertiary/aromatic N) is 1. The first-order valence-corrected chi connectivity index (χ1v) is 7.36. The molecule has 0 bridgehead atoms. The lowest BCUT2D eigenvalue weighted by atomic mass is 10.1. The molecule has 2 N–H and O–H groups in total. The van der Waals surface area contributed by atoms with Crippen LogP contribution in [0.2, 0.25) is 0 Å². The second kappa shape index (κ2) is 5.51. The maximum atomic E-state index is 11.7. The van der Waals surface area contributed by atoms with Gasteiger partial charge in [0.05, 0.1) is 11.6 Å². The number of aromatic amines is 1. The molecule has 6 nitrogen and oxygen atoms in total. The van der Waals surface area contributed by atoms with Gasteiger partial charge in [0.15, 0.2) is 0 Å². The average molecular weight is 274 g/mol. The lowest BCUT2D eigenvalue weighted by Gasteiger charge is -2.18. The Hall–Kier alpha value is -1.37. The van der Waals surface area contributed by atoms with Crippen molar-refractivity contribution in [1.82, 2.24) is 9.55 Å². The number of hydrogen-bond donors (Lipinski definition) is 2. The molecule has 7 heteroatoms. The van der Waals surface area contributed by atoms with Crippen molar-refractivity contribution >= 4 is 10.8 Å². The SMILES string of the molecule is CC(C)c1c(O)n(C(C)CS(C)=O)c(=O)[nH]c1=O. The Bertz CT molecular complexity index is 573. The van der Waals surface area contributed by atoms with Crippen LogP contribution < -0.4 is 11.2 Å². The molecule has 2 unspecified atom stereocenters. The first kappa shape index (κ1) is 14.7. The van der Waals surface area contributed by atoms with Crippen LogP contribution in [0.15, 0.2) is 9.59 Å². The number of nitrogens with one attached hydrogen (secondary N) is 1. The summed E-state index contributed by atoms with van der Waals surface area (Å²) in [5, 5.41) is 10.0. The highest BCUT2D eigenvalue weighted by molar-refractivity contribution is 7.84. The maximum absolute atomic E-state index is 11.7. The van der Waals surface area contributed by atoms with Crippen molar-refractivity contribution in [2.75, 3.05) is 12.0 Å². The van der Waals surface area contributed by atoms with Gasteiger partial charge in [0.2, 0.25) is 5.88 Å². The molecule has 1 rings (SSSR count). The van der Waals surface area contributed by atoms with Crippen molar-refractivity contribution in [3.8, 4) is 5.88 Å². The molecule has 1 aromatic heterocycles. The van der Waals surface area contributed by atoms with E-state index in [1.165, 1.54) is 6.26 Å². The molecule has 1 aromatic rings. The van der Waals surface area contributed by atoms with E-state index in [-0.39, 0.29) is 23.1 Å². The zero-order valence-electron chi connectivity index (χ0n) is 10.9. The predicted octanol–water partition coefficient (Wildman–Crippen LogP) is 0.305. The minimum Gasteiger partial charge on any atom is -0.494 e.